The van der Waals surface area contributed by atoms with Gasteiger partial charge in [-0.25, -0.2) is 0 Å². The normalized spacial score (nSPS) is 10.6. The lowest BCUT2D eigenvalue weighted by Crippen LogP contribution is -2.23. The third-order valence-electron chi connectivity index (χ3n) is 3.68. The zero-order valence-electron chi connectivity index (χ0n) is 15.9. The van der Waals surface area contributed by atoms with Gasteiger partial charge in [0.2, 0.25) is 5.91 Å². The molecule has 2 amide bonds. The lowest BCUT2D eigenvalue weighted by atomic mass is 10.2. The SMILES string of the molecule is COc1cc(C=CC(=O)NCCSc2ccc(C)cc2)ccc1OCC(N)=O. The Kier molecular flexibility index (Phi) is 8.42. The molecule has 0 fully saturated rings. The Morgan fingerprint density at radius 1 is 1.14 bits per heavy atom. The minimum absolute atomic E-state index is 0.169. The minimum Gasteiger partial charge on any atom is -0.493 e. The van der Waals surface area contributed by atoms with Crippen molar-refractivity contribution in [2.45, 2.75) is 11.8 Å². The van der Waals surface area contributed by atoms with Gasteiger partial charge in [0.15, 0.2) is 18.1 Å². The summed E-state index contributed by atoms with van der Waals surface area (Å²) in [5.74, 6) is 0.928. The summed E-state index contributed by atoms with van der Waals surface area (Å²) in [4.78, 5) is 24.0. The molecule has 0 saturated heterocycles. The third kappa shape index (κ3) is 7.36. The molecule has 0 saturated carbocycles. The summed E-state index contributed by atoms with van der Waals surface area (Å²) in [5, 5.41) is 2.85. The molecule has 6 nitrogen and oxygen atoms in total. The highest BCUT2D eigenvalue weighted by atomic mass is 32.2. The average Bonchev–Trinajstić information content (AvgIpc) is 2.69. The van der Waals surface area contributed by atoms with Crippen molar-refractivity contribution < 1.29 is 19.1 Å². The molecule has 0 aromatic heterocycles. The number of methoxy groups -OCH3 is 1. The number of hydrogen-bond acceptors (Lipinski definition) is 5. The predicted octanol–water partition coefficient (Wildman–Crippen LogP) is 2.79. The quantitative estimate of drug-likeness (QED) is 0.364. The van der Waals surface area contributed by atoms with Crippen LogP contribution in [0.5, 0.6) is 11.5 Å². The first-order valence-electron chi connectivity index (χ1n) is 8.72. The van der Waals surface area contributed by atoms with Crippen molar-refractivity contribution in [1.29, 1.82) is 0 Å². The fourth-order valence-electron chi connectivity index (χ4n) is 2.26. The second-order valence-electron chi connectivity index (χ2n) is 5.95. The molecule has 28 heavy (non-hydrogen) atoms. The average molecular weight is 401 g/mol. The molecule has 3 N–H and O–H groups in total. The molecule has 0 heterocycles. The number of aryl methyl sites for hydroxylation is 1. The Hall–Kier alpha value is -2.93. The zero-order valence-corrected chi connectivity index (χ0v) is 16.8. The van der Waals surface area contributed by atoms with Gasteiger partial charge in [0.25, 0.3) is 5.91 Å². The monoisotopic (exact) mass is 400 g/mol. The first-order valence-corrected chi connectivity index (χ1v) is 9.71. The second kappa shape index (κ2) is 11.0. The summed E-state index contributed by atoms with van der Waals surface area (Å²) in [6.45, 7) is 2.40. The van der Waals surface area contributed by atoms with Gasteiger partial charge in [0, 0.05) is 23.3 Å². The topological polar surface area (TPSA) is 90.7 Å². The number of nitrogens with two attached hydrogens (primary N) is 1. The van der Waals surface area contributed by atoms with E-state index in [1.165, 1.54) is 23.6 Å². The van der Waals surface area contributed by atoms with Gasteiger partial charge in [-0.15, -0.1) is 11.8 Å². The van der Waals surface area contributed by atoms with E-state index in [0.29, 0.717) is 18.0 Å². The molecule has 0 atom stereocenters. The van der Waals surface area contributed by atoms with E-state index in [0.717, 1.165) is 11.3 Å². The number of carbonyl (C=O) groups excluding carboxylic acids is 2. The Balaban J connectivity index is 1.80. The van der Waals surface area contributed by atoms with E-state index in [2.05, 4.69) is 36.5 Å². The fourth-order valence-corrected chi connectivity index (χ4v) is 3.03. The van der Waals surface area contributed by atoms with E-state index >= 15 is 0 Å². The number of benzene rings is 2. The number of ether oxygens (including phenoxy) is 2. The van der Waals surface area contributed by atoms with Crippen LogP contribution >= 0.6 is 11.8 Å². The minimum atomic E-state index is -0.566. The molecule has 7 heteroatoms. The summed E-state index contributed by atoms with van der Waals surface area (Å²) >= 11 is 1.70. The van der Waals surface area contributed by atoms with Crippen LogP contribution in [0, 0.1) is 6.92 Å². The van der Waals surface area contributed by atoms with Crippen LogP contribution in [0.3, 0.4) is 0 Å². The third-order valence-corrected chi connectivity index (χ3v) is 4.69. The lowest BCUT2D eigenvalue weighted by molar-refractivity contribution is -0.120. The number of rotatable bonds is 10. The number of amides is 2. The van der Waals surface area contributed by atoms with Crippen LogP contribution in [0.4, 0.5) is 0 Å². The van der Waals surface area contributed by atoms with Crippen molar-refractivity contribution >= 4 is 29.7 Å². The Morgan fingerprint density at radius 2 is 1.89 bits per heavy atom. The molecule has 2 aromatic carbocycles. The number of hydrogen-bond donors (Lipinski definition) is 2. The molecule has 0 aliphatic carbocycles. The van der Waals surface area contributed by atoms with E-state index in [9.17, 15) is 9.59 Å². The summed E-state index contributed by atoms with van der Waals surface area (Å²) < 4.78 is 10.5. The van der Waals surface area contributed by atoms with Crippen molar-refractivity contribution in [1.82, 2.24) is 5.32 Å². The Labute approximate surface area is 169 Å². The van der Waals surface area contributed by atoms with Gasteiger partial charge in [-0.1, -0.05) is 23.8 Å². The molecule has 0 bridgehead atoms. The summed E-state index contributed by atoms with van der Waals surface area (Å²) in [5.41, 5.74) is 7.07. The highest BCUT2D eigenvalue weighted by Gasteiger charge is 2.06. The maximum absolute atomic E-state index is 12.0. The molecular formula is C21H24N2O4S. The number of nitrogens with one attached hydrogen (secondary N) is 1. The highest BCUT2D eigenvalue weighted by molar-refractivity contribution is 7.99. The van der Waals surface area contributed by atoms with E-state index in [-0.39, 0.29) is 12.5 Å². The van der Waals surface area contributed by atoms with Gasteiger partial charge in [-0.05, 0) is 42.8 Å². The van der Waals surface area contributed by atoms with Crippen LogP contribution in [0.15, 0.2) is 53.4 Å². The van der Waals surface area contributed by atoms with Gasteiger partial charge in [-0.2, -0.15) is 0 Å². The lowest BCUT2D eigenvalue weighted by Gasteiger charge is -2.10. The predicted molar refractivity (Wildman–Crippen MR) is 112 cm³/mol. The smallest absolute Gasteiger partial charge is 0.255 e. The van der Waals surface area contributed by atoms with Gasteiger partial charge in [0.1, 0.15) is 0 Å². The maximum Gasteiger partial charge on any atom is 0.255 e. The van der Waals surface area contributed by atoms with Crippen LogP contribution in [0.2, 0.25) is 0 Å². The maximum atomic E-state index is 12.0. The van der Waals surface area contributed by atoms with E-state index < -0.39 is 5.91 Å². The number of thioether (sulfide) groups is 1. The fraction of sp³-hybridized carbons (Fsp3) is 0.238. The molecular weight excluding hydrogens is 376 g/mol. The first-order chi connectivity index (χ1) is 13.5. The molecule has 148 valence electrons. The van der Waals surface area contributed by atoms with E-state index in [4.69, 9.17) is 15.2 Å². The zero-order chi connectivity index (χ0) is 20.4. The Bertz CT molecular complexity index is 835. The standard InChI is InChI=1S/C21H24N2O4S/c1-15-3-7-17(8-4-15)28-12-11-23-21(25)10-6-16-5-9-18(19(13-16)26-2)27-14-20(22)24/h3-10,13H,11-12,14H2,1-2H3,(H2,22,24)(H,23,25). The van der Waals surface area contributed by atoms with Crippen LogP contribution in [0.25, 0.3) is 6.08 Å². The molecule has 0 unspecified atom stereocenters. The molecule has 2 rings (SSSR count). The molecule has 0 aliphatic rings. The van der Waals surface area contributed by atoms with Crippen LogP contribution in [-0.4, -0.2) is 37.8 Å². The van der Waals surface area contributed by atoms with Crippen LogP contribution in [-0.2, 0) is 9.59 Å². The van der Waals surface area contributed by atoms with Crippen LogP contribution in [0.1, 0.15) is 11.1 Å². The van der Waals surface area contributed by atoms with Crippen molar-refractivity contribution in [3.63, 3.8) is 0 Å². The van der Waals surface area contributed by atoms with Crippen LogP contribution < -0.4 is 20.5 Å². The number of primary amides is 1. The van der Waals surface area contributed by atoms with Crippen molar-refractivity contribution in [2.24, 2.45) is 5.73 Å². The van der Waals surface area contributed by atoms with Crippen molar-refractivity contribution in [3.05, 3.63) is 59.7 Å². The van der Waals surface area contributed by atoms with Gasteiger partial charge >= 0.3 is 0 Å². The summed E-state index contributed by atoms with van der Waals surface area (Å²) in [6.07, 6.45) is 3.15. The van der Waals surface area contributed by atoms with Gasteiger partial charge in [0.05, 0.1) is 7.11 Å². The van der Waals surface area contributed by atoms with E-state index in [1.807, 2.05) is 0 Å². The van der Waals surface area contributed by atoms with Gasteiger partial charge < -0.3 is 20.5 Å². The van der Waals surface area contributed by atoms with Gasteiger partial charge in [-0.3, -0.25) is 9.59 Å². The van der Waals surface area contributed by atoms with Crippen molar-refractivity contribution in [2.75, 3.05) is 26.0 Å². The molecule has 0 aliphatic heterocycles. The van der Waals surface area contributed by atoms with Crippen molar-refractivity contribution in [3.8, 4) is 11.5 Å². The number of carbonyl (C=O) groups is 2. The second-order valence-corrected chi connectivity index (χ2v) is 7.12. The highest BCUT2D eigenvalue weighted by Crippen LogP contribution is 2.28. The molecule has 2 aromatic rings. The Morgan fingerprint density at radius 3 is 2.57 bits per heavy atom. The summed E-state index contributed by atoms with van der Waals surface area (Å²) in [6, 6.07) is 13.4. The first kappa shape index (κ1) is 21.4. The molecule has 0 spiro atoms. The van der Waals surface area contributed by atoms with E-state index in [1.54, 1.807) is 36.0 Å². The molecule has 0 radical (unpaired) electrons. The summed E-state index contributed by atoms with van der Waals surface area (Å²) in [7, 11) is 1.50. The largest absolute Gasteiger partial charge is 0.493 e.